The molecule has 0 saturated heterocycles. The molecule has 2 aromatic rings. The summed E-state index contributed by atoms with van der Waals surface area (Å²) in [6, 6.07) is 5.32. The van der Waals surface area contributed by atoms with Gasteiger partial charge in [0.15, 0.2) is 0 Å². The standard InChI is InChI=1S/C15H15F2N3O/c1-3-18-14-12(7-10(16)8-19-14)15(21)20-11-4-5-13(17)9(2)6-11/h4-8H,3H2,1-2H3,(H,18,19)(H,20,21). The predicted molar refractivity (Wildman–Crippen MR) is 77.4 cm³/mol. The maximum absolute atomic E-state index is 13.3. The van der Waals surface area contributed by atoms with Crippen LogP contribution in [0, 0.1) is 18.6 Å². The zero-order chi connectivity index (χ0) is 15.4. The highest BCUT2D eigenvalue weighted by Crippen LogP contribution is 2.18. The first kappa shape index (κ1) is 14.9. The van der Waals surface area contributed by atoms with Gasteiger partial charge in [0.1, 0.15) is 17.5 Å². The highest BCUT2D eigenvalue weighted by atomic mass is 19.1. The Hall–Kier alpha value is -2.50. The van der Waals surface area contributed by atoms with Crippen LogP contribution in [0.2, 0.25) is 0 Å². The number of hydrogen-bond donors (Lipinski definition) is 2. The number of aryl methyl sites for hydroxylation is 1. The number of anilines is 2. The van der Waals surface area contributed by atoms with Gasteiger partial charge < -0.3 is 10.6 Å². The van der Waals surface area contributed by atoms with Crippen LogP contribution in [0.4, 0.5) is 20.3 Å². The summed E-state index contributed by atoms with van der Waals surface area (Å²) in [6.07, 6.45) is 1.04. The van der Waals surface area contributed by atoms with Crippen molar-refractivity contribution in [1.82, 2.24) is 4.98 Å². The normalized spacial score (nSPS) is 10.3. The quantitative estimate of drug-likeness (QED) is 0.908. The second-order valence-electron chi connectivity index (χ2n) is 4.50. The summed E-state index contributed by atoms with van der Waals surface area (Å²) < 4.78 is 26.5. The summed E-state index contributed by atoms with van der Waals surface area (Å²) in [5.74, 6) is -1.16. The second-order valence-corrected chi connectivity index (χ2v) is 4.50. The first-order valence-electron chi connectivity index (χ1n) is 6.48. The number of amides is 1. The number of benzene rings is 1. The molecule has 0 aliphatic rings. The van der Waals surface area contributed by atoms with Crippen LogP contribution in [0.3, 0.4) is 0 Å². The third kappa shape index (κ3) is 3.53. The Balaban J connectivity index is 2.27. The van der Waals surface area contributed by atoms with E-state index in [1.807, 2.05) is 6.92 Å². The van der Waals surface area contributed by atoms with Gasteiger partial charge in [-0.15, -0.1) is 0 Å². The van der Waals surface area contributed by atoms with Crippen LogP contribution in [-0.4, -0.2) is 17.4 Å². The van der Waals surface area contributed by atoms with Gasteiger partial charge in [-0.1, -0.05) is 0 Å². The number of nitrogens with one attached hydrogen (secondary N) is 2. The molecule has 0 unspecified atom stereocenters. The molecule has 2 N–H and O–H groups in total. The van der Waals surface area contributed by atoms with Crippen molar-refractivity contribution in [3.8, 4) is 0 Å². The number of hydrogen-bond acceptors (Lipinski definition) is 3. The molecule has 0 atom stereocenters. The first-order chi connectivity index (χ1) is 10.0. The van der Waals surface area contributed by atoms with Crippen molar-refractivity contribution in [2.75, 3.05) is 17.2 Å². The summed E-state index contributed by atoms with van der Waals surface area (Å²) >= 11 is 0. The Morgan fingerprint density at radius 3 is 2.71 bits per heavy atom. The summed E-state index contributed by atoms with van der Waals surface area (Å²) in [6.45, 7) is 3.99. The van der Waals surface area contributed by atoms with Gasteiger partial charge in [0.2, 0.25) is 0 Å². The zero-order valence-electron chi connectivity index (χ0n) is 11.7. The lowest BCUT2D eigenvalue weighted by molar-refractivity contribution is 0.102. The summed E-state index contributed by atoms with van der Waals surface area (Å²) in [7, 11) is 0. The summed E-state index contributed by atoms with van der Waals surface area (Å²) in [5.41, 5.74) is 0.946. The third-order valence-corrected chi connectivity index (χ3v) is 2.86. The Labute approximate surface area is 121 Å². The second kappa shape index (κ2) is 6.30. The minimum absolute atomic E-state index is 0.0961. The smallest absolute Gasteiger partial charge is 0.259 e. The number of nitrogens with zero attached hydrogens (tertiary/aromatic N) is 1. The molecule has 0 saturated carbocycles. The molecule has 1 heterocycles. The molecule has 1 amide bonds. The number of carbonyl (C=O) groups excluding carboxylic acids is 1. The topological polar surface area (TPSA) is 54.0 Å². The zero-order valence-corrected chi connectivity index (χ0v) is 11.7. The lowest BCUT2D eigenvalue weighted by Gasteiger charge is -2.11. The number of carbonyl (C=O) groups is 1. The van der Waals surface area contributed by atoms with Crippen LogP contribution in [0.5, 0.6) is 0 Å². The van der Waals surface area contributed by atoms with E-state index in [9.17, 15) is 13.6 Å². The predicted octanol–water partition coefficient (Wildman–Crippen LogP) is 3.35. The van der Waals surface area contributed by atoms with Gasteiger partial charge in [-0.05, 0) is 43.7 Å². The number of pyridine rings is 1. The van der Waals surface area contributed by atoms with Crippen LogP contribution in [0.25, 0.3) is 0 Å². The van der Waals surface area contributed by atoms with Gasteiger partial charge in [-0.25, -0.2) is 13.8 Å². The molecular formula is C15H15F2N3O. The Morgan fingerprint density at radius 1 is 1.29 bits per heavy atom. The van der Waals surface area contributed by atoms with E-state index in [1.165, 1.54) is 18.2 Å². The largest absolute Gasteiger partial charge is 0.370 e. The van der Waals surface area contributed by atoms with Crippen molar-refractivity contribution in [1.29, 1.82) is 0 Å². The number of rotatable bonds is 4. The Kier molecular flexibility index (Phi) is 4.47. The van der Waals surface area contributed by atoms with E-state index >= 15 is 0 Å². The monoisotopic (exact) mass is 291 g/mol. The SMILES string of the molecule is CCNc1ncc(F)cc1C(=O)Nc1ccc(F)c(C)c1. The van der Waals surface area contributed by atoms with Gasteiger partial charge in [0, 0.05) is 12.2 Å². The average Bonchev–Trinajstić information content (AvgIpc) is 2.45. The Bertz CT molecular complexity index is 674. The fourth-order valence-electron chi connectivity index (χ4n) is 1.84. The van der Waals surface area contributed by atoms with Crippen molar-refractivity contribution in [3.05, 3.63) is 53.2 Å². The fourth-order valence-corrected chi connectivity index (χ4v) is 1.84. The minimum Gasteiger partial charge on any atom is -0.370 e. The molecule has 110 valence electrons. The van der Waals surface area contributed by atoms with Crippen LogP contribution < -0.4 is 10.6 Å². The molecule has 21 heavy (non-hydrogen) atoms. The van der Waals surface area contributed by atoms with E-state index in [0.717, 1.165) is 12.3 Å². The van der Waals surface area contributed by atoms with E-state index in [4.69, 9.17) is 0 Å². The van der Waals surface area contributed by atoms with Crippen molar-refractivity contribution in [3.63, 3.8) is 0 Å². The average molecular weight is 291 g/mol. The Morgan fingerprint density at radius 2 is 2.05 bits per heavy atom. The lowest BCUT2D eigenvalue weighted by Crippen LogP contribution is -2.16. The molecule has 1 aromatic heterocycles. The maximum atomic E-state index is 13.3. The van der Waals surface area contributed by atoms with Gasteiger partial charge >= 0.3 is 0 Å². The molecule has 0 aliphatic heterocycles. The van der Waals surface area contributed by atoms with Crippen molar-refractivity contribution in [2.45, 2.75) is 13.8 Å². The molecule has 0 spiro atoms. The molecule has 0 aliphatic carbocycles. The number of halogens is 2. The van der Waals surface area contributed by atoms with Crippen LogP contribution in [0.15, 0.2) is 30.5 Å². The molecule has 4 nitrogen and oxygen atoms in total. The molecule has 2 rings (SSSR count). The van der Waals surface area contributed by atoms with Gasteiger partial charge in [0.25, 0.3) is 5.91 Å². The van der Waals surface area contributed by atoms with E-state index in [0.29, 0.717) is 23.6 Å². The van der Waals surface area contributed by atoms with Crippen LogP contribution in [-0.2, 0) is 0 Å². The lowest BCUT2D eigenvalue weighted by atomic mass is 10.2. The van der Waals surface area contributed by atoms with Crippen molar-refractivity contribution < 1.29 is 13.6 Å². The molecule has 0 radical (unpaired) electrons. The molecule has 0 bridgehead atoms. The molecular weight excluding hydrogens is 276 g/mol. The van der Waals surface area contributed by atoms with Gasteiger partial charge in [-0.2, -0.15) is 0 Å². The van der Waals surface area contributed by atoms with Crippen LogP contribution in [0.1, 0.15) is 22.8 Å². The molecule has 0 fully saturated rings. The maximum Gasteiger partial charge on any atom is 0.259 e. The summed E-state index contributed by atoms with van der Waals surface area (Å²) in [4.78, 5) is 16.1. The van der Waals surface area contributed by atoms with E-state index < -0.39 is 11.7 Å². The highest BCUT2D eigenvalue weighted by molar-refractivity contribution is 6.07. The van der Waals surface area contributed by atoms with Gasteiger partial charge in [-0.3, -0.25) is 4.79 Å². The third-order valence-electron chi connectivity index (χ3n) is 2.86. The van der Waals surface area contributed by atoms with E-state index in [-0.39, 0.29) is 11.4 Å². The highest BCUT2D eigenvalue weighted by Gasteiger charge is 2.14. The minimum atomic E-state index is -0.600. The molecule has 6 heteroatoms. The van der Waals surface area contributed by atoms with Gasteiger partial charge in [0.05, 0.1) is 11.8 Å². The fraction of sp³-hybridized carbons (Fsp3) is 0.200. The first-order valence-corrected chi connectivity index (χ1v) is 6.48. The summed E-state index contributed by atoms with van der Waals surface area (Å²) in [5, 5.41) is 5.49. The van der Waals surface area contributed by atoms with Crippen LogP contribution >= 0.6 is 0 Å². The molecule has 1 aromatic carbocycles. The number of aromatic nitrogens is 1. The van der Waals surface area contributed by atoms with E-state index in [2.05, 4.69) is 15.6 Å². The van der Waals surface area contributed by atoms with E-state index in [1.54, 1.807) is 6.92 Å². The van der Waals surface area contributed by atoms with Crippen molar-refractivity contribution in [2.24, 2.45) is 0 Å². The van der Waals surface area contributed by atoms with Crippen molar-refractivity contribution >= 4 is 17.4 Å².